The van der Waals surface area contributed by atoms with Crippen molar-refractivity contribution in [2.75, 3.05) is 14.2 Å². The van der Waals surface area contributed by atoms with Gasteiger partial charge in [-0.1, -0.05) is 6.07 Å². The Hall–Kier alpha value is -2.30. The molecule has 112 valence electrons. The van der Waals surface area contributed by atoms with Crippen LogP contribution < -0.4 is 9.47 Å². The van der Waals surface area contributed by atoms with Crippen LogP contribution in [0.2, 0.25) is 0 Å². The first-order chi connectivity index (χ1) is 10.1. The van der Waals surface area contributed by atoms with E-state index < -0.39 is 0 Å². The van der Waals surface area contributed by atoms with Crippen molar-refractivity contribution in [1.29, 1.82) is 0 Å². The number of methoxy groups -OCH3 is 2. The summed E-state index contributed by atoms with van der Waals surface area (Å²) in [6.45, 7) is 0. The number of carbonyl (C=O) groups excluding carboxylic acids is 1. The standard InChI is InChI=1S/C16H20N2O3/c1-18-9-8-17-16(18)7-5-13(19)10-12-4-6-14(20-2)15(11-12)21-3/h4,6,8-9,11H,5,7,10H2,1-3H3. The fraction of sp³-hybridized carbons (Fsp3) is 0.375. The third-order valence-electron chi connectivity index (χ3n) is 3.40. The number of rotatable bonds is 7. The molecule has 1 heterocycles. The molecule has 5 heteroatoms. The number of ketones is 1. The van der Waals surface area contributed by atoms with Crippen LogP contribution in [0.5, 0.6) is 11.5 Å². The van der Waals surface area contributed by atoms with Crippen molar-refractivity contribution in [3.8, 4) is 11.5 Å². The second kappa shape index (κ2) is 6.92. The molecule has 0 aliphatic rings. The molecule has 2 rings (SSSR count). The Morgan fingerprint density at radius 1 is 1.24 bits per heavy atom. The summed E-state index contributed by atoms with van der Waals surface area (Å²) in [6, 6.07) is 5.55. The number of carbonyl (C=O) groups is 1. The predicted molar refractivity (Wildman–Crippen MR) is 79.8 cm³/mol. The SMILES string of the molecule is COc1ccc(CC(=O)CCc2nccn2C)cc1OC. The number of Topliss-reactive ketones (excluding diaryl/α,β-unsaturated/α-hetero) is 1. The van der Waals surface area contributed by atoms with Gasteiger partial charge >= 0.3 is 0 Å². The lowest BCUT2D eigenvalue weighted by Crippen LogP contribution is -2.07. The van der Waals surface area contributed by atoms with Gasteiger partial charge in [0.2, 0.25) is 0 Å². The minimum Gasteiger partial charge on any atom is -0.493 e. The summed E-state index contributed by atoms with van der Waals surface area (Å²) in [6.07, 6.45) is 5.17. The molecule has 2 aromatic rings. The average Bonchev–Trinajstić information content (AvgIpc) is 2.90. The Bertz CT molecular complexity index is 620. The molecule has 1 aromatic carbocycles. The maximum Gasteiger partial charge on any atom is 0.161 e. The van der Waals surface area contributed by atoms with Gasteiger partial charge < -0.3 is 14.0 Å². The molecule has 0 saturated heterocycles. The monoisotopic (exact) mass is 288 g/mol. The molecule has 0 spiro atoms. The highest BCUT2D eigenvalue weighted by Crippen LogP contribution is 2.27. The van der Waals surface area contributed by atoms with E-state index in [-0.39, 0.29) is 5.78 Å². The van der Waals surface area contributed by atoms with Crippen LogP contribution in [0.4, 0.5) is 0 Å². The number of ether oxygens (including phenoxy) is 2. The highest BCUT2D eigenvalue weighted by Gasteiger charge is 2.09. The van der Waals surface area contributed by atoms with Crippen molar-refractivity contribution in [1.82, 2.24) is 9.55 Å². The Morgan fingerprint density at radius 2 is 2.00 bits per heavy atom. The molecule has 0 aliphatic heterocycles. The third-order valence-corrected chi connectivity index (χ3v) is 3.40. The molecular weight excluding hydrogens is 268 g/mol. The van der Waals surface area contributed by atoms with E-state index in [2.05, 4.69) is 4.98 Å². The van der Waals surface area contributed by atoms with E-state index in [4.69, 9.17) is 9.47 Å². The summed E-state index contributed by atoms with van der Waals surface area (Å²) in [7, 11) is 5.11. The molecule has 1 aromatic heterocycles. The van der Waals surface area contributed by atoms with E-state index in [1.807, 2.05) is 36.0 Å². The summed E-state index contributed by atoms with van der Waals surface area (Å²) in [4.78, 5) is 16.3. The van der Waals surface area contributed by atoms with Crippen molar-refractivity contribution in [2.45, 2.75) is 19.3 Å². The Balaban J connectivity index is 1.95. The number of benzene rings is 1. The zero-order valence-electron chi connectivity index (χ0n) is 12.6. The van der Waals surface area contributed by atoms with Crippen LogP contribution in [0.1, 0.15) is 17.8 Å². The first-order valence-corrected chi connectivity index (χ1v) is 6.83. The van der Waals surface area contributed by atoms with Gasteiger partial charge in [0.05, 0.1) is 14.2 Å². The third kappa shape index (κ3) is 3.84. The first-order valence-electron chi connectivity index (χ1n) is 6.83. The van der Waals surface area contributed by atoms with Crippen LogP contribution in [0.3, 0.4) is 0 Å². The van der Waals surface area contributed by atoms with Crippen molar-refractivity contribution < 1.29 is 14.3 Å². The lowest BCUT2D eigenvalue weighted by molar-refractivity contribution is -0.118. The molecule has 0 atom stereocenters. The summed E-state index contributed by atoms with van der Waals surface area (Å²) in [5.74, 6) is 2.43. The van der Waals surface area contributed by atoms with E-state index >= 15 is 0 Å². The van der Waals surface area contributed by atoms with Gasteiger partial charge in [-0.15, -0.1) is 0 Å². The summed E-state index contributed by atoms with van der Waals surface area (Å²) in [5.41, 5.74) is 0.928. The van der Waals surface area contributed by atoms with Crippen LogP contribution in [-0.4, -0.2) is 29.6 Å². The van der Waals surface area contributed by atoms with E-state index in [0.29, 0.717) is 30.8 Å². The molecule has 5 nitrogen and oxygen atoms in total. The largest absolute Gasteiger partial charge is 0.493 e. The number of imidazole rings is 1. The molecular formula is C16H20N2O3. The van der Waals surface area contributed by atoms with Gasteiger partial charge in [0.15, 0.2) is 11.5 Å². The molecule has 0 bridgehead atoms. The smallest absolute Gasteiger partial charge is 0.161 e. The fourth-order valence-electron chi connectivity index (χ4n) is 2.20. The number of hydrogen-bond acceptors (Lipinski definition) is 4. The zero-order chi connectivity index (χ0) is 15.2. The van der Waals surface area contributed by atoms with Crippen molar-refractivity contribution in [3.05, 3.63) is 42.0 Å². The number of aryl methyl sites for hydroxylation is 2. The van der Waals surface area contributed by atoms with Crippen LogP contribution in [0.25, 0.3) is 0 Å². The van der Waals surface area contributed by atoms with Crippen molar-refractivity contribution >= 4 is 5.78 Å². The maximum absolute atomic E-state index is 12.1. The quantitative estimate of drug-likeness (QED) is 0.783. The number of nitrogens with zero attached hydrogens (tertiary/aromatic N) is 2. The van der Waals surface area contributed by atoms with Gasteiger partial charge in [-0.25, -0.2) is 4.98 Å². The van der Waals surface area contributed by atoms with Gasteiger partial charge in [-0.05, 0) is 17.7 Å². The highest BCUT2D eigenvalue weighted by atomic mass is 16.5. The molecule has 0 amide bonds. The van der Waals surface area contributed by atoms with Crippen LogP contribution in [-0.2, 0) is 24.7 Å². The summed E-state index contributed by atoms with van der Waals surface area (Å²) < 4.78 is 12.4. The molecule has 0 aliphatic carbocycles. The van der Waals surface area contributed by atoms with E-state index in [1.54, 1.807) is 20.4 Å². The predicted octanol–water partition coefficient (Wildman–Crippen LogP) is 2.18. The minimum atomic E-state index is 0.185. The van der Waals surface area contributed by atoms with Crippen LogP contribution in [0, 0.1) is 0 Å². The van der Waals surface area contributed by atoms with Crippen molar-refractivity contribution in [2.24, 2.45) is 7.05 Å². The number of hydrogen-bond donors (Lipinski definition) is 0. The number of aromatic nitrogens is 2. The second-order valence-electron chi connectivity index (χ2n) is 4.86. The summed E-state index contributed by atoms with van der Waals surface area (Å²) in [5, 5.41) is 0. The Kier molecular flexibility index (Phi) is 4.98. The van der Waals surface area contributed by atoms with Crippen LogP contribution >= 0.6 is 0 Å². The zero-order valence-corrected chi connectivity index (χ0v) is 12.6. The van der Waals surface area contributed by atoms with Gasteiger partial charge in [0.25, 0.3) is 0 Å². The molecule has 0 fully saturated rings. The minimum absolute atomic E-state index is 0.185. The summed E-state index contributed by atoms with van der Waals surface area (Å²) >= 11 is 0. The molecule has 0 unspecified atom stereocenters. The molecule has 0 saturated carbocycles. The lowest BCUT2D eigenvalue weighted by Gasteiger charge is -2.09. The molecule has 0 radical (unpaired) electrons. The van der Waals surface area contributed by atoms with E-state index in [1.165, 1.54) is 0 Å². The second-order valence-corrected chi connectivity index (χ2v) is 4.86. The van der Waals surface area contributed by atoms with E-state index in [9.17, 15) is 4.79 Å². The lowest BCUT2D eigenvalue weighted by atomic mass is 10.0. The maximum atomic E-state index is 12.1. The van der Waals surface area contributed by atoms with Gasteiger partial charge in [0, 0.05) is 38.7 Å². The van der Waals surface area contributed by atoms with Gasteiger partial charge in [-0.3, -0.25) is 4.79 Å². The topological polar surface area (TPSA) is 53.3 Å². The Labute approximate surface area is 124 Å². The van der Waals surface area contributed by atoms with Crippen LogP contribution in [0.15, 0.2) is 30.6 Å². The fourth-order valence-corrected chi connectivity index (χ4v) is 2.20. The molecule has 21 heavy (non-hydrogen) atoms. The highest BCUT2D eigenvalue weighted by molar-refractivity contribution is 5.81. The normalized spacial score (nSPS) is 10.4. The Morgan fingerprint density at radius 3 is 2.62 bits per heavy atom. The molecule has 0 N–H and O–H groups in total. The van der Waals surface area contributed by atoms with Crippen molar-refractivity contribution in [3.63, 3.8) is 0 Å². The van der Waals surface area contributed by atoms with E-state index in [0.717, 1.165) is 11.4 Å². The van der Waals surface area contributed by atoms with Gasteiger partial charge in [-0.2, -0.15) is 0 Å². The first kappa shape index (κ1) is 15.1. The van der Waals surface area contributed by atoms with Gasteiger partial charge in [0.1, 0.15) is 11.6 Å². The average molecular weight is 288 g/mol.